The molecule has 3 aliphatic rings. The lowest BCUT2D eigenvalue weighted by atomic mass is 10.1. The van der Waals surface area contributed by atoms with Gasteiger partial charge in [0.1, 0.15) is 5.75 Å². The van der Waals surface area contributed by atoms with Crippen LogP contribution in [0.4, 0.5) is 0 Å². The van der Waals surface area contributed by atoms with E-state index in [1.807, 2.05) is 44.2 Å². The zero-order chi connectivity index (χ0) is 22.4. The van der Waals surface area contributed by atoms with Crippen LogP contribution in [-0.4, -0.2) is 56.8 Å². The van der Waals surface area contributed by atoms with Gasteiger partial charge in [0.25, 0.3) is 5.91 Å². The number of rotatable bonds is 3. The number of nitrogens with one attached hydrogen (secondary N) is 1. The molecule has 5 rings (SSSR count). The summed E-state index contributed by atoms with van der Waals surface area (Å²) in [5, 5.41) is 16.0. The fraction of sp³-hybridized carbons (Fsp3) is 0.304. The molecule has 0 spiro atoms. The molecule has 9 heteroatoms. The second kappa shape index (κ2) is 7.98. The Labute approximate surface area is 190 Å². The molecule has 0 unspecified atom stereocenters. The summed E-state index contributed by atoms with van der Waals surface area (Å²) >= 11 is 1.36. The Morgan fingerprint density at radius 1 is 1.16 bits per heavy atom. The number of benzene rings is 1. The van der Waals surface area contributed by atoms with Crippen LogP contribution in [0.5, 0.6) is 5.75 Å². The molecule has 2 aromatic rings. The van der Waals surface area contributed by atoms with E-state index in [1.54, 1.807) is 13.2 Å². The van der Waals surface area contributed by atoms with Gasteiger partial charge < -0.3 is 14.2 Å². The third-order valence-corrected chi connectivity index (χ3v) is 6.89. The molecule has 164 valence electrons. The minimum absolute atomic E-state index is 0.0591. The topological polar surface area (TPSA) is 86.3 Å². The fourth-order valence-corrected chi connectivity index (χ4v) is 5.24. The van der Waals surface area contributed by atoms with Crippen molar-refractivity contribution in [2.75, 3.05) is 20.2 Å². The van der Waals surface area contributed by atoms with E-state index in [9.17, 15) is 4.79 Å². The van der Waals surface area contributed by atoms with Crippen molar-refractivity contribution in [2.24, 2.45) is 10.1 Å². The molecule has 0 bridgehead atoms. The summed E-state index contributed by atoms with van der Waals surface area (Å²) in [5.41, 5.74) is 3.98. The number of carbonyl (C=O) groups is 1. The number of carbonyl (C=O) groups excluding carboxylic acids is 1. The van der Waals surface area contributed by atoms with Crippen LogP contribution in [0.1, 0.15) is 29.8 Å². The first kappa shape index (κ1) is 20.6. The van der Waals surface area contributed by atoms with Gasteiger partial charge >= 0.3 is 0 Å². The molecular formula is C23H24N6O2S. The monoisotopic (exact) mass is 448 g/mol. The first-order valence-corrected chi connectivity index (χ1v) is 11.4. The van der Waals surface area contributed by atoms with E-state index < -0.39 is 5.91 Å². The van der Waals surface area contributed by atoms with Gasteiger partial charge in [0.15, 0.2) is 11.0 Å². The van der Waals surface area contributed by atoms with Crippen LogP contribution < -0.4 is 4.74 Å². The van der Waals surface area contributed by atoms with Crippen LogP contribution in [0, 0.1) is 19.3 Å². The molecule has 1 aromatic heterocycles. The van der Waals surface area contributed by atoms with E-state index in [2.05, 4.69) is 19.6 Å². The van der Waals surface area contributed by atoms with Crippen molar-refractivity contribution in [2.45, 2.75) is 26.7 Å². The zero-order valence-electron chi connectivity index (χ0n) is 18.3. The lowest BCUT2D eigenvalue weighted by Crippen LogP contribution is -2.35. The predicted octanol–water partition coefficient (Wildman–Crippen LogP) is 3.78. The molecule has 0 atom stereocenters. The Hall–Kier alpha value is -3.33. The van der Waals surface area contributed by atoms with Gasteiger partial charge in [-0.05, 0) is 68.3 Å². The number of hydrogen-bond acceptors (Lipinski definition) is 6. The number of hydrazone groups is 1. The number of hydrogen-bond donors (Lipinski definition) is 1. The Balaban J connectivity index is 1.51. The van der Waals surface area contributed by atoms with E-state index in [1.165, 1.54) is 16.8 Å². The van der Waals surface area contributed by atoms with Gasteiger partial charge in [-0.3, -0.25) is 10.2 Å². The van der Waals surface area contributed by atoms with Gasteiger partial charge in [0.05, 0.1) is 18.4 Å². The van der Waals surface area contributed by atoms with Crippen molar-refractivity contribution in [3.8, 4) is 11.4 Å². The molecule has 0 saturated carbocycles. The minimum atomic E-state index is -0.409. The van der Waals surface area contributed by atoms with E-state index >= 15 is 0 Å². The van der Waals surface area contributed by atoms with Crippen molar-refractivity contribution in [1.29, 1.82) is 5.41 Å². The number of aliphatic imine (C=N–C) groups is 1. The highest BCUT2D eigenvalue weighted by molar-refractivity contribution is 8.26. The van der Waals surface area contributed by atoms with E-state index in [4.69, 9.17) is 10.1 Å². The van der Waals surface area contributed by atoms with Crippen LogP contribution in [0.2, 0.25) is 0 Å². The summed E-state index contributed by atoms with van der Waals surface area (Å²) in [6, 6.07) is 9.82. The van der Waals surface area contributed by atoms with Crippen LogP contribution in [-0.2, 0) is 4.79 Å². The molecule has 0 aliphatic carbocycles. The van der Waals surface area contributed by atoms with E-state index in [-0.39, 0.29) is 11.4 Å². The number of aromatic nitrogens is 1. The highest BCUT2D eigenvalue weighted by atomic mass is 32.2. The smallest absolute Gasteiger partial charge is 0.283 e. The average Bonchev–Trinajstić information content (AvgIpc) is 3.51. The number of amidine groups is 3. The van der Waals surface area contributed by atoms with Crippen molar-refractivity contribution < 1.29 is 9.53 Å². The predicted molar refractivity (Wildman–Crippen MR) is 128 cm³/mol. The Morgan fingerprint density at radius 3 is 2.66 bits per heavy atom. The Kier molecular flexibility index (Phi) is 5.13. The molecule has 3 aliphatic heterocycles. The third kappa shape index (κ3) is 3.33. The molecule has 8 nitrogen and oxygen atoms in total. The lowest BCUT2D eigenvalue weighted by Gasteiger charge is -2.20. The van der Waals surface area contributed by atoms with E-state index in [0.717, 1.165) is 59.5 Å². The summed E-state index contributed by atoms with van der Waals surface area (Å²) in [6.45, 7) is 5.90. The highest BCUT2D eigenvalue weighted by Crippen LogP contribution is 2.32. The summed E-state index contributed by atoms with van der Waals surface area (Å²) < 4.78 is 7.62. The van der Waals surface area contributed by atoms with Crippen LogP contribution in [0.3, 0.4) is 0 Å². The van der Waals surface area contributed by atoms with Crippen molar-refractivity contribution >= 4 is 39.9 Å². The van der Waals surface area contributed by atoms with Gasteiger partial charge in [-0.15, -0.1) is 5.10 Å². The maximum absolute atomic E-state index is 12.8. The molecule has 4 heterocycles. The normalized spacial score (nSPS) is 19.5. The SMILES string of the molecule is COc1ccccc1-n1c(C)cc(/C=C2\C(=N)N3N=C(N4CCCC4)SC3=NC2=O)c1C. The molecule has 32 heavy (non-hydrogen) atoms. The van der Waals surface area contributed by atoms with Crippen molar-refractivity contribution in [3.05, 3.63) is 52.9 Å². The first-order valence-electron chi connectivity index (χ1n) is 10.6. The molecule has 1 fully saturated rings. The van der Waals surface area contributed by atoms with Crippen LogP contribution in [0.15, 0.2) is 46.0 Å². The number of amides is 1. The molecule has 1 saturated heterocycles. The number of nitrogens with zero attached hydrogens (tertiary/aromatic N) is 5. The van der Waals surface area contributed by atoms with Crippen LogP contribution >= 0.6 is 11.8 Å². The van der Waals surface area contributed by atoms with Gasteiger partial charge in [-0.25, -0.2) is 0 Å². The van der Waals surface area contributed by atoms with Crippen molar-refractivity contribution in [1.82, 2.24) is 14.5 Å². The van der Waals surface area contributed by atoms with Gasteiger partial charge in [0, 0.05) is 24.5 Å². The number of thioether (sulfide) groups is 1. The summed E-state index contributed by atoms with van der Waals surface area (Å²) in [7, 11) is 1.65. The molecule has 1 aromatic carbocycles. The second-order valence-electron chi connectivity index (χ2n) is 7.93. The largest absolute Gasteiger partial charge is 0.495 e. The minimum Gasteiger partial charge on any atom is -0.495 e. The number of aryl methyl sites for hydroxylation is 1. The summed E-state index contributed by atoms with van der Waals surface area (Å²) in [6.07, 6.45) is 4.01. The van der Waals surface area contributed by atoms with Gasteiger partial charge in [0.2, 0.25) is 5.17 Å². The van der Waals surface area contributed by atoms with Gasteiger partial charge in [-0.1, -0.05) is 12.1 Å². The van der Waals surface area contributed by atoms with E-state index in [0.29, 0.717) is 5.17 Å². The standard InChI is InChI=1S/C23H24N6O2S/c1-14-12-16(15(2)28(14)18-8-4-5-9-19(18)31-3)13-17-20(24)29-22(25-21(17)30)32-23(26-29)27-10-6-7-11-27/h4-5,8-9,12-13,24H,6-7,10-11H2,1-3H3/b17-13+,24-20?. The summed E-state index contributed by atoms with van der Waals surface area (Å²) in [4.78, 5) is 19.2. The Bertz CT molecular complexity index is 1220. The molecule has 0 radical (unpaired) electrons. The second-order valence-corrected chi connectivity index (χ2v) is 8.86. The van der Waals surface area contributed by atoms with Gasteiger partial charge in [-0.2, -0.15) is 10.0 Å². The highest BCUT2D eigenvalue weighted by Gasteiger charge is 2.37. The van der Waals surface area contributed by atoms with Crippen LogP contribution in [0.25, 0.3) is 11.8 Å². The third-order valence-electron chi connectivity index (χ3n) is 5.92. The number of para-hydroxylation sites is 2. The first-order chi connectivity index (χ1) is 15.5. The number of likely N-dealkylation sites (tertiary alicyclic amines) is 1. The maximum atomic E-state index is 12.8. The lowest BCUT2D eigenvalue weighted by molar-refractivity contribution is -0.114. The Morgan fingerprint density at radius 2 is 1.91 bits per heavy atom. The molecule has 1 N–H and O–H groups in total. The zero-order valence-corrected chi connectivity index (χ0v) is 19.1. The van der Waals surface area contributed by atoms with Crippen molar-refractivity contribution in [3.63, 3.8) is 0 Å². The molecular weight excluding hydrogens is 424 g/mol. The number of ether oxygens (including phenoxy) is 1. The number of fused-ring (bicyclic) bond motifs is 1. The number of methoxy groups -OCH3 is 1. The maximum Gasteiger partial charge on any atom is 0.283 e. The average molecular weight is 449 g/mol. The summed E-state index contributed by atoms with van der Waals surface area (Å²) in [5.74, 6) is 0.416. The fourth-order valence-electron chi connectivity index (χ4n) is 4.29. The quantitative estimate of drug-likeness (QED) is 0.723. The molecule has 1 amide bonds.